The summed E-state index contributed by atoms with van der Waals surface area (Å²) in [5.41, 5.74) is 3.13. The number of H-pyrrole nitrogens is 1. The van der Waals surface area contributed by atoms with E-state index in [0.717, 1.165) is 10.6 Å². The number of fused-ring (bicyclic) bond motifs is 1. The lowest BCUT2D eigenvalue weighted by molar-refractivity contribution is 0.146. The van der Waals surface area contributed by atoms with E-state index in [9.17, 15) is 23.2 Å². The van der Waals surface area contributed by atoms with E-state index in [1.165, 1.54) is 25.3 Å². The van der Waals surface area contributed by atoms with Gasteiger partial charge in [0.1, 0.15) is 34.5 Å². The molecule has 0 fully saturated rings. The lowest BCUT2D eigenvalue weighted by atomic mass is 10.2. The van der Waals surface area contributed by atoms with Crippen LogP contribution in [0.15, 0.2) is 29.2 Å². The maximum Gasteiger partial charge on any atom is 0.281 e. The number of nitriles is 1. The third kappa shape index (κ3) is 3.80. The highest BCUT2D eigenvalue weighted by atomic mass is 35.5. The van der Waals surface area contributed by atoms with E-state index in [1.807, 2.05) is 0 Å². The number of rotatable bonds is 5. The highest BCUT2D eigenvalue weighted by molar-refractivity contribution is 6.35. The van der Waals surface area contributed by atoms with E-state index in [1.54, 1.807) is 6.07 Å². The quantitative estimate of drug-likeness (QED) is 0.398. The maximum absolute atomic E-state index is 14.5. The molecule has 4 rings (SSSR count). The molecule has 4 aromatic rings. The molecule has 1 aromatic carbocycles. The monoisotopic (exact) mass is 475 g/mol. The van der Waals surface area contributed by atoms with Crippen LogP contribution in [-0.2, 0) is 0 Å². The molecule has 0 unspecified atom stereocenters. The molecule has 10 nitrogen and oxygen atoms in total. The lowest BCUT2D eigenvalue weighted by Crippen LogP contribution is -2.28. The SMILES string of the molecule is C[C@H](Nc1nc(N)nc(C(F)F)c1C#N)c1nc2c(F)ccc(Cl)c2c(=O)n1-c1cc[nH]n1. The molecule has 14 heteroatoms. The van der Waals surface area contributed by atoms with Crippen molar-refractivity contribution in [3.63, 3.8) is 0 Å². The summed E-state index contributed by atoms with van der Waals surface area (Å²) in [6, 6.07) is 4.41. The summed E-state index contributed by atoms with van der Waals surface area (Å²) < 4.78 is 42.3. The Labute approximate surface area is 187 Å². The van der Waals surface area contributed by atoms with E-state index < -0.39 is 41.0 Å². The summed E-state index contributed by atoms with van der Waals surface area (Å²) in [6.45, 7) is 1.50. The first-order chi connectivity index (χ1) is 15.7. The van der Waals surface area contributed by atoms with Crippen molar-refractivity contribution >= 4 is 34.3 Å². The number of hydrogen-bond acceptors (Lipinski definition) is 8. The van der Waals surface area contributed by atoms with Gasteiger partial charge in [-0.1, -0.05) is 11.6 Å². The highest BCUT2D eigenvalue weighted by Crippen LogP contribution is 2.29. The minimum atomic E-state index is -3.09. The largest absolute Gasteiger partial charge is 0.368 e. The van der Waals surface area contributed by atoms with Crippen molar-refractivity contribution in [1.29, 1.82) is 5.26 Å². The lowest BCUT2D eigenvalue weighted by Gasteiger charge is -2.20. The zero-order chi connectivity index (χ0) is 23.9. The predicted molar refractivity (Wildman–Crippen MR) is 113 cm³/mol. The number of aromatic amines is 1. The van der Waals surface area contributed by atoms with Crippen molar-refractivity contribution in [2.24, 2.45) is 0 Å². The fraction of sp³-hybridized carbons (Fsp3) is 0.158. The second-order valence-corrected chi connectivity index (χ2v) is 7.17. The Balaban J connectivity index is 1.94. The summed E-state index contributed by atoms with van der Waals surface area (Å²) in [6.07, 6.45) is -1.63. The normalized spacial score (nSPS) is 12.2. The van der Waals surface area contributed by atoms with Crippen molar-refractivity contribution in [3.05, 3.63) is 62.7 Å². The molecule has 0 aliphatic rings. The molecule has 0 spiro atoms. The van der Waals surface area contributed by atoms with E-state index in [4.69, 9.17) is 17.3 Å². The average molecular weight is 476 g/mol. The van der Waals surface area contributed by atoms with Gasteiger partial charge in [-0.3, -0.25) is 9.89 Å². The van der Waals surface area contributed by atoms with Crippen LogP contribution in [0.2, 0.25) is 5.02 Å². The summed E-state index contributed by atoms with van der Waals surface area (Å²) in [7, 11) is 0. The first kappa shape index (κ1) is 22.0. The predicted octanol–water partition coefficient (Wildman–Crippen LogP) is 3.26. The Hall–Kier alpha value is -4.18. The molecule has 0 saturated heterocycles. The molecule has 0 aliphatic carbocycles. The molecular weight excluding hydrogens is 463 g/mol. The number of nitrogens with zero attached hydrogens (tertiary/aromatic N) is 6. The Morgan fingerprint density at radius 1 is 1.27 bits per heavy atom. The van der Waals surface area contributed by atoms with Crippen LogP contribution < -0.4 is 16.6 Å². The first-order valence-corrected chi connectivity index (χ1v) is 9.63. The van der Waals surface area contributed by atoms with Gasteiger partial charge in [-0.15, -0.1) is 0 Å². The molecule has 168 valence electrons. The van der Waals surface area contributed by atoms with Crippen molar-refractivity contribution in [1.82, 2.24) is 29.7 Å². The molecule has 0 radical (unpaired) electrons. The maximum atomic E-state index is 14.5. The van der Waals surface area contributed by atoms with E-state index in [0.29, 0.717) is 0 Å². The molecule has 33 heavy (non-hydrogen) atoms. The third-order valence-electron chi connectivity index (χ3n) is 4.68. The molecule has 0 amide bonds. The number of hydrogen-bond donors (Lipinski definition) is 3. The van der Waals surface area contributed by atoms with Gasteiger partial charge in [0.2, 0.25) is 5.95 Å². The van der Waals surface area contributed by atoms with Crippen molar-refractivity contribution in [2.45, 2.75) is 19.4 Å². The van der Waals surface area contributed by atoms with Crippen molar-refractivity contribution in [3.8, 4) is 11.9 Å². The Morgan fingerprint density at radius 2 is 2.03 bits per heavy atom. The number of nitrogen functional groups attached to an aromatic ring is 1. The Morgan fingerprint density at radius 3 is 2.67 bits per heavy atom. The van der Waals surface area contributed by atoms with Crippen LogP contribution in [0.5, 0.6) is 0 Å². The Kier molecular flexibility index (Phi) is 5.60. The van der Waals surface area contributed by atoms with Gasteiger partial charge in [0, 0.05) is 12.3 Å². The topological polar surface area (TPSA) is 151 Å². The minimum absolute atomic E-state index is 0.0164. The second-order valence-electron chi connectivity index (χ2n) is 6.76. The highest BCUT2D eigenvalue weighted by Gasteiger charge is 2.25. The number of nitrogens with one attached hydrogen (secondary N) is 2. The van der Waals surface area contributed by atoms with Crippen LogP contribution in [0.3, 0.4) is 0 Å². The minimum Gasteiger partial charge on any atom is -0.368 e. The average Bonchev–Trinajstić information content (AvgIpc) is 3.29. The van der Waals surface area contributed by atoms with Gasteiger partial charge in [0.15, 0.2) is 11.6 Å². The first-order valence-electron chi connectivity index (χ1n) is 9.26. The van der Waals surface area contributed by atoms with Gasteiger partial charge in [0.05, 0.1) is 16.5 Å². The van der Waals surface area contributed by atoms with Crippen LogP contribution in [0, 0.1) is 17.1 Å². The molecule has 0 saturated carbocycles. The fourth-order valence-electron chi connectivity index (χ4n) is 3.26. The summed E-state index contributed by atoms with van der Waals surface area (Å²) in [4.78, 5) is 24.8. The van der Waals surface area contributed by atoms with Crippen LogP contribution >= 0.6 is 11.6 Å². The molecule has 1 atom stereocenters. The zero-order valence-electron chi connectivity index (χ0n) is 16.6. The fourth-order valence-corrected chi connectivity index (χ4v) is 3.49. The summed E-state index contributed by atoms with van der Waals surface area (Å²) in [5, 5.41) is 18.5. The van der Waals surface area contributed by atoms with Gasteiger partial charge >= 0.3 is 0 Å². The van der Waals surface area contributed by atoms with Crippen LogP contribution in [0.1, 0.15) is 36.5 Å². The van der Waals surface area contributed by atoms with Crippen LogP contribution in [-0.4, -0.2) is 29.7 Å². The van der Waals surface area contributed by atoms with Gasteiger partial charge in [-0.05, 0) is 19.1 Å². The molecular formula is C19H13ClF3N9O. The summed E-state index contributed by atoms with van der Waals surface area (Å²) in [5.74, 6) is -1.52. The molecule has 3 aromatic heterocycles. The number of halogens is 4. The number of benzene rings is 1. The molecule has 0 aliphatic heterocycles. The van der Waals surface area contributed by atoms with Crippen molar-refractivity contribution < 1.29 is 13.2 Å². The summed E-state index contributed by atoms with van der Waals surface area (Å²) >= 11 is 6.13. The number of alkyl halides is 2. The number of nitrogens with two attached hydrogens (primary N) is 1. The molecule has 0 bridgehead atoms. The number of aromatic nitrogens is 6. The van der Waals surface area contributed by atoms with E-state index in [2.05, 4.69) is 30.5 Å². The molecule has 4 N–H and O–H groups in total. The van der Waals surface area contributed by atoms with Gasteiger partial charge in [0.25, 0.3) is 12.0 Å². The third-order valence-corrected chi connectivity index (χ3v) is 4.99. The Bertz CT molecular complexity index is 1460. The van der Waals surface area contributed by atoms with Crippen molar-refractivity contribution in [2.75, 3.05) is 11.1 Å². The van der Waals surface area contributed by atoms with Gasteiger partial charge < -0.3 is 11.1 Å². The number of anilines is 2. The standard InChI is InChI=1S/C19H13ClF3N9O/c1-7(27-16-8(6-24)13(15(22)23)29-19(25)30-16)17-28-14-10(21)3-2-9(20)12(14)18(33)32(17)11-4-5-26-31-11/h2-5,7,15H,1H3,(H,26,31)(H3,25,27,29,30)/t7-/m0/s1. The second kappa shape index (κ2) is 8.40. The van der Waals surface area contributed by atoms with Gasteiger partial charge in [-0.25, -0.2) is 27.7 Å². The zero-order valence-corrected chi connectivity index (χ0v) is 17.4. The van der Waals surface area contributed by atoms with Crippen LogP contribution in [0.4, 0.5) is 24.9 Å². The van der Waals surface area contributed by atoms with E-state index >= 15 is 0 Å². The van der Waals surface area contributed by atoms with Crippen LogP contribution in [0.25, 0.3) is 16.7 Å². The van der Waals surface area contributed by atoms with E-state index in [-0.39, 0.29) is 33.4 Å². The smallest absolute Gasteiger partial charge is 0.281 e. The van der Waals surface area contributed by atoms with Gasteiger partial charge in [-0.2, -0.15) is 15.3 Å². The molecule has 3 heterocycles.